The average Bonchev–Trinajstić information content (AvgIpc) is 2.91. The molecule has 0 aliphatic heterocycles. The molecule has 9 N–H and O–H groups in total. The third-order valence-electron chi connectivity index (χ3n) is 7.90. The summed E-state index contributed by atoms with van der Waals surface area (Å²) in [5.41, 5.74) is 9.49. The molecule has 14 nitrogen and oxygen atoms in total. The van der Waals surface area contributed by atoms with Crippen molar-refractivity contribution in [3.05, 3.63) is 40.6 Å². The van der Waals surface area contributed by atoms with E-state index in [2.05, 4.69) is 22.9 Å². The van der Waals surface area contributed by atoms with Crippen LogP contribution in [0.15, 0.2) is 35.0 Å². The first-order valence-electron chi connectivity index (χ1n) is 13.7. The van der Waals surface area contributed by atoms with Crippen molar-refractivity contribution in [1.29, 1.82) is 0 Å². The number of nitrogens with one attached hydrogen (secondary N) is 3. The third-order valence-corrected chi connectivity index (χ3v) is 7.90. The monoisotopic (exact) mass is 572 g/mol. The summed E-state index contributed by atoms with van der Waals surface area (Å²) in [5.74, 6) is 3.01. The highest BCUT2D eigenvalue weighted by Gasteiger charge is 2.38. The summed E-state index contributed by atoms with van der Waals surface area (Å²) < 4.78 is 1.19. The number of hydrogen-bond donors (Lipinski definition) is 6. The first-order chi connectivity index (χ1) is 19.4. The molecule has 1 aromatic rings. The van der Waals surface area contributed by atoms with E-state index in [9.17, 15) is 28.8 Å². The van der Waals surface area contributed by atoms with E-state index in [4.69, 9.17) is 17.3 Å². The number of amides is 4. The van der Waals surface area contributed by atoms with Crippen LogP contribution >= 0.6 is 0 Å². The number of nitrogens with zero attached hydrogens (tertiary/aromatic N) is 2. The molecule has 4 amide bonds. The van der Waals surface area contributed by atoms with Gasteiger partial charge in [-0.05, 0) is 55.6 Å². The van der Waals surface area contributed by atoms with Crippen LogP contribution in [0.1, 0.15) is 51.9 Å². The second kappa shape index (κ2) is 13.9. The maximum atomic E-state index is 13.1. The molecule has 14 heteroatoms. The van der Waals surface area contributed by atoms with E-state index in [1.165, 1.54) is 42.8 Å². The van der Waals surface area contributed by atoms with Gasteiger partial charge in [0.2, 0.25) is 17.6 Å². The standard InChI is InChI=1S/C27H40N8O6/c1-15-11-16-5-3-6-17(12-16)23(15)33-22(37)14-35-10-4-7-19(27(35)41)32-25(39)18(8-9-21(36)24(29)38)31-26(40)20(13-28)34(2)30/h4,7,10,13,15-18,23H,3,5-6,8-9,11-12,14,28,30H2,1-2H3,(H2,29,38)(H,31,40)(H,32,39)(H,33,37)/b20-13-/t15?,16?,17?,18-,23?/m0/s1. The topological polar surface area (TPSA) is 225 Å². The van der Waals surface area contributed by atoms with Gasteiger partial charge in [0.1, 0.15) is 24.0 Å². The molecule has 2 fully saturated rings. The Hall–Kier alpha value is -4.20. The van der Waals surface area contributed by atoms with E-state index < -0.39 is 41.5 Å². The molecule has 5 atom stereocenters. The Morgan fingerprint density at radius 2 is 1.93 bits per heavy atom. The number of rotatable bonds is 12. The van der Waals surface area contributed by atoms with Gasteiger partial charge in [0, 0.05) is 31.9 Å². The highest BCUT2D eigenvalue weighted by atomic mass is 16.2. The molecule has 3 rings (SSSR count). The highest BCUT2D eigenvalue weighted by Crippen LogP contribution is 2.42. The first kappa shape index (κ1) is 31.3. The Bertz CT molecular complexity index is 1260. The van der Waals surface area contributed by atoms with E-state index in [0.29, 0.717) is 11.8 Å². The molecule has 2 aliphatic rings. The Balaban J connectivity index is 1.71. The fourth-order valence-corrected chi connectivity index (χ4v) is 5.89. The van der Waals surface area contributed by atoms with Crippen LogP contribution in [0.5, 0.6) is 0 Å². The summed E-state index contributed by atoms with van der Waals surface area (Å²) in [6, 6.07) is 1.56. The Kier molecular flexibility index (Phi) is 10.6. The first-order valence-corrected chi connectivity index (χ1v) is 13.7. The van der Waals surface area contributed by atoms with E-state index in [0.717, 1.165) is 36.4 Å². The molecular weight excluding hydrogens is 532 g/mol. The highest BCUT2D eigenvalue weighted by molar-refractivity contribution is 6.35. The van der Waals surface area contributed by atoms with E-state index in [1.54, 1.807) is 0 Å². The summed E-state index contributed by atoms with van der Waals surface area (Å²) in [6.45, 7) is 1.92. The predicted octanol–water partition coefficient (Wildman–Crippen LogP) is -0.957. The number of hydrazine groups is 1. The predicted molar refractivity (Wildman–Crippen MR) is 150 cm³/mol. The maximum absolute atomic E-state index is 13.1. The minimum absolute atomic E-state index is 0.0603. The minimum Gasteiger partial charge on any atom is -0.403 e. The van der Waals surface area contributed by atoms with Gasteiger partial charge in [-0.25, -0.2) is 5.84 Å². The maximum Gasteiger partial charge on any atom is 0.284 e. The molecule has 0 spiro atoms. The van der Waals surface area contributed by atoms with Crippen LogP contribution in [0, 0.1) is 17.8 Å². The third kappa shape index (κ3) is 8.16. The zero-order chi connectivity index (χ0) is 30.3. The number of primary amides is 1. The van der Waals surface area contributed by atoms with Gasteiger partial charge in [0.15, 0.2) is 0 Å². The Labute approximate surface area is 238 Å². The zero-order valence-electron chi connectivity index (χ0n) is 23.4. The number of ketones is 1. The van der Waals surface area contributed by atoms with E-state index in [-0.39, 0.29) is 36.3 Å². The van der Waals surface area contributed by atoms with E-state index in [1.807, 2.05) is 0 Å². The lowest BCUT2D eigenvalue weighted by molar-refractivity contribution is -0.136. The summed E-state index contributed by atoms with van der Waals surface area (Å²) in [6.07, 6.45) is 7.33. The lowest BCUT2D eigenvalue weighted by Crippen LogP contribution is -2.50. The second-order valence-electron chi connectivity index (χ2n) is 11.0. The Morgan fingerprint density at radius 3 is 2.59 bits per heavy atom. The van der Waals surface area contributed by atoms with Gasteiger partial charge in [-0.1, -0.05) is 19.8 Å². The van der Waals surface area contributed by atoms with Crippen LogP contribution in [0.4, 0.5) is 5.69 Å². The number of Topliss-reactive ketones (excluding diaryl/α,β-unsaturated/α-hetero) is 1. The quantitative estimate of drug-likeness (QED) is 0.0784. The van der Waals surface area contributed by atoms with Crippen LogP contribution in [-0.2, 0) is 30.5 Å². The van der Waals surface area contributed by atoms with Crippen molar-refractivity contribution >= 4 is 35.1 Å². The van der Waals surface area contributed by atoms with Gasteiger partial charge in [-0.15, -0.1) is 0 Å². The summed E-state index contributed by atoms with van der Waals surface area (Å²) in [7, 11) is 1.35. The fourth-order valence-electron chi connectivity index (χ4n) is 5.89. The molecule has 0 radical (unpaired) electrons. The number of nitrogens with two attached hydrogens (primary N) is 3. The molecule has 1 heterocycles. The van der Waals surface area contributed by atoms with Gasteiger partial charge in [0.25, 0.3) is 17.4 Å². The number of hydrogen-bond acceptors (Lipinski definition) is 9. The summed E-state index contributed by atoms with van der Waals surface area (Å²) in [4.78, 5) is 74.7. The van der Waals surface area contributed by atoms with Gasteiger partial charge in [-0.3, -0.25) is 28.8 Å². The van der Waals surface area contributed by atoms with Gasteiger partial charge in [-0.2, -0.15) is 0 Å². The normalized spacial score (nSPS) is 22.7. The van der Waals surface area contributed by atoms with E-state index >= 15 is 0 Å². The van der Waals surface area contributed by atoms with Crippen molar-refractivity contribution in [1.82, 2.24) is 20.2 Å². The number of anilines is 1. The number of aromatic nitrogens is 1. The molecule has 0 aromatic carbocycles. The minimum atomic E-state index is -1.36. The van der Waals surface area contributed by atoms with Gasteiger partial charge >= 0.3 is 0 Å². The molecule has 224 valence electrons. The molecular formula is C27H40N8O6. The smallest absolute Gasteiger partial charge is 0.284 e. The van der Waals surface area contributed by atoms with Crippen LogP contribution in [0.3, 0.4) is 0 Å². The molecule has 4 unspecified atom stereocenters. The van der Waals surface area contributed by atoms with Crippen LogP contribution in [0.25, 0.3) is 0 Å². The SMILES string of the molecule is CC1CC2CCCC(C2)C1NC(=O)Cn1cccc(NC(=O)[C@H](CCC(=O)C(N)=O)NC(=O)/C(=C/N)N(C)N)c1=O. The molecule has 2 saturated carbocycles. The number of likely N-dealkylation sites (N-methyl/N-ethyl adjacent to an activating group) is 1. The number of carbonyl (C=O) groups is 5. The van der Waals surface area contributed by atoms with Crippen molar-refractivity contribution in [2.45, 2.75) is 70.5 Å². The summed E-state index contributed by atoms with van der Waals surface area (Å²) >= 11 is 0. The zero-order valence-corrected chi connectivity index (χ0v) is 23.4. The summed E-state index contributed by atoms with van der Waals surface area (Å²) in [5, 5.41) is 8.90. The van der Waals surface area contributed by atoms with Gasteiger partial charge in [0.05, 0.1) is 0 Å². The van der Waals surface area contributed by atoms with Crippen molar-refractivity contribution < 1.29 is 24.0 Å². The largest absolute Gasteiger partial charge is 0.403 e. The average molecular weight is 573 g/mol. The Morgan fingerprint density at radius 1 is 1.20 bits per heavy atom. The lowest BCUT2D eigenvalue weighted by Gasteiger charge is -2.44. The van der Waals surface area contributed by atoms with Crippen LogP contribution < -0.4 is 38.8 Å². The van der Waals surface area contributed by atoms with Crippen molar-refractivity contribution in [2.75, 3.05) is 12.4 Å². The molecule has 1 aromatic heterocycles. The lowest BCUT2D eigenvalue weighted by atomic mass is 9.65. The molecule has 0 saturated heterocycles. The van der Waals surface area contributed by atoms with Gasteiger partial charge < -0.3 is 37.0 Å². The molecule has 2 aliphatic carbocycles. The second-order valence-corrected chi connectivity index (χ2v) is 11.0. The van der Waals surface area contributed by atoms with Crippen LogP contribution in [-0.4, -0.2) is 58.1 Å². The fraction of sp³-hybridized carbons (Fsp3) is 0.556. The molecule has 41 heavy (non-hydrogen) atoms. The van der Waals surface area contributed by atoms with Crippen molar-refractivity contribution in [3.63, 3.8) is 0 Å². The number of carbonyl (C=O) groups excluding carboxylic acids is 5. The van der Waals surface area contributed by atoms with Crippen molar-refractivity contribution in [3.8, 4) is 0 Å². The van der Waals surface area contributed by atoms with Crippen LogP contribution in [0.2, 0.25) is 0 Å². The number of fused-ring (bicyclic) bond motifs is 2. The van der Waals surface area contributed by atoms with Crippen molar-refractivity contribution in [2.24, 2.45) is 35.1 Å². The number of pyridine rings is 1. The molecule has 2 bridgehead atoms.